The molecule has 0 aromatic heterocycles. The molecule has 30 heavy (non-hydrogen) atoms. The van der Waals surface area contributed by atoms with Crippen LogP contribution in [0.25, 0.3) is 0 Å². The maximum atomic E-state index is 14.0. The molecule has 3 nitrogen and oxygen atoms in total. The van der Waals surface area contributed by atoms with E-state index in [1.54, 1.807) is 4.90 Å². The van der Waals surface area contributed by atoms with Gasteiger partial charge in [0.2, 0.25) is 0 Å². The molecule has 0 N–H and O–H groups in total. The molecule has 3 aromatic carbocycles. The van der Waals surface area contributed by atoms with Crippen LogP contribution in [0, 0.1) is 11.6 Å². The van der Waals surface area contributed by atoms with Gasteiger partial charge in [-0.1, -0.05) is 58.4 Å². The van der Waals surface area contributed by atoms with Crippen LogP contribution in [0.5, 0.6) is 0 Å². The fraction of sp³-hybridized carbons (Fsp3) is 0.208. The summed E-state index contributed by atoms with van der Waals surface area (Å²) in [6.07, 6.45) is 0. The van der Waals surface area contributed by atoms with Gasteiger partial charge in [-0.2, -0.15) is 0 Å². The molecular weight excluding hydrogens is 450 g/mol. The second-order valence-electron chi connectivity index (χ2n) is 7.32. The van der Waals surface area contributed by atoms with Crippen LogP contribution in [0.15, 0.2) is 77.3 Å². The Balaban J connectivity index is 1.53. The van der Waals surface area contributed by atoms with Gasteiger partial charge in [-0.25, -0.2) is 8.78 Å². The molecule has 154 valence electrons. The number of carbonyl (C=O) groups is 1. The van der Waals surface area contributed by atoms with Crippen LogP contribution >= 0.6 is 15.9 Å². The molecule has 1 atom stereocenters. The summed E-state index contributed by atoms with van der Waals surface area (Å²) < 4.78 is 28.2. The molecule has 1 unspecified atom stereocenters. The van der Waals surface area contributed by atoms with Gasteiger partial charge in [0, 0.05) is 36.7 Å². The van der Waals surface area contributed by atoms with Crippen LogP contribution in [0.3, 0.4) is 0 Å². The van der Waals surface area contributed by atoms with Crippen LogP contribution in [0.2, 0.25) is 0 Å². The van der Waals surface area contributed by atoms with E-state index in [2.05, 4.69) is 45.1 Å². The lowest BCUT2D eigenvalue weighted by atomic mass is 9.96. The predicted molar refractivity (Wildman–Crippen MR) is 116 cm³/mol. The molecule has 0 radical (unpaired) electrons. The minimum Gasteiger partial charge on any atom is -0.336 e. The zero-order valence-electron chi connectivity index (χ0n) is 16.3. The number of hydrogen-bond donors (Lipinski definition) is 0. The van der Waals surface area contributed by atoms with Crippen LogP contribution in [0.4, 0.5) is 8.78 Å². The van der Waals surface area contributed by atoms with Gasteiger partial charge >= 0.3 is 0 Å². The molecule has 3 aromatic rings. The normalized spacial score (nSPS) is 15.8. The molecule has 1 fully saturated rings. The van der Waals surface area contributed by atoms with Gasteiger partial charge < -0.3 is 4.90 Å². The quantitative estimate of drug-likeness (QED) is 0.518. The van der Waals surface area contributed by atoms with Gasteiger partial charge in [0.25, 0.3) is 5.91 Å². The maximum absolute atomic E-state index is 14.0. The molecule has 0 saturated carbocycles. The molecule has 1 aliphatic heterocycles. The van der Waals surface area contributed by atoms with E-state index in [0.29, 0.717) is 26.2 Å². The Kier molecular flexibility index (Phi) is 6.25. The van der Waals surface area contributed by atoms with Gasteiger partial charge in [-0.3, -0.25) is 9.69 Å². The average Bonchev–Trinajstić information content (AvgIpc) is 2.76. The second kappa shape index (κ2) is 9.06. The lowest BCUT2D eigenvalue weighted by Crippen LogP contribution is -2.50. The Hall–Kier alpha value is -2.57. The van der Waals surface area contributed by atoms with Crippen LogP contribution in [0.1, 0.15) is 27.5 Å². The number of benzene rings is 3. The average molecular weight is 471 g/mol. The molecule has 0 bridgehead atoms. The van der Waals surface area contributed by atoms with Gasteiger partial charge in [0.1, 0.15) is 11.6 Å². The predicted octanol–water partition coefficient (Wildman–Crippen LogP) is 5.27. The summed E-state index contributed by atoms with van der Waals surface area (Å²) in [6, 6.07) is 21.7. The Morgan fingerprint density at radius 3 is 2.10 bits per heavy atom. The molecule has 1 aliphatic rings. The minimum atomic E-state index is -0.820. The standard InChI is InChI=1S/C24H21BrF2N2O/c25-19-8-6-18(7-9-19)23(17-4-2-1-3-5-17)28-12-14-29(15-13-28)24(30)21-11-10-20(26)16-22(21)27/h1-11,16,23H,12-15H2. The van der Waals surface area contributed by atoms with E-state index in [-0.39, 0.29) is 11.6 Å². The zero-order chi connectivity index (χ0) is 21.1. The number of carbonyl (C=O) groups excluding carboxylic acids is 1. The van der Waals surface area contributed by atoms with E-state index < -0.39 is 17.5 Å². The first-order valence-electron chi connectivity index (χ1n) is 9.82. The monoisotopic (exact) mass is 470 g/mol. The highest BCUT2D eigenvalue weighted by atomic mass is 79.9. The number of piperazine rings is 1. The van der Waals surface area contributed by atoms with Crippen molar-refractivity contribution >= 4 is 21.8 Å². The first-order chi connectivity index (χ1) is 14.5. The Morgan fingerprint density at radius 2 is 1.47 bits per heavy atom. The Morgan fingerprint density at radius 1 is 0.833 bits per heavy atom. The number of amides is 1. The van der Waals surface area contributed by atoms with Crippen molar-refractivity contribution in [3.05, 3.63) is 106 Å². The number of halogens is 3. The molecule has 1 saturated heterocycles. The van der Waals surface area contributed by atoms with Crippen LogP contribution < -0.4 is 0 Å². The lowest BCUT2D eigenvalue weighted by molar-refractivity contribution is 0.0593. The van der Waals surface area contributed by atoms with Crippen LogP contribution in [-0.2, 0) is 0 Å². The van der Waals surface area contributed by atoms with E-state index >= 15 is 0 Å². The highest BCUT2D eigenvalue weighted by Gasteiger charge is 2.29. The molecule has 6 heteroatoms. The van der Waals surface area contributed by atoms with Gasteiger partial charge in [-0.05, 0) is 35.4 Å². The van der Waals surface area contributed by atoms with E-state index in [0.717, 1.165) is 16.6 Å². The molecule has 0 aliphatic carbocycles. The lowest BCUT2D eigenvalue weighted by Gasteiger charge is -2.39. The summed E-state index contributed by atoms with van der Waals surface area (Å²) in [5.74, 6) is -1.90. The Labute approximate surface area is 183 Å². The third kappa shape index (κ3) is 4.45. The highest BCUT2D eigenvalue weighted by Crippen LogP contribution is 2.30. The van der Waals surface area contributed by atoms with Crippen molar-refractivity contribution in [3.63, 3.8) is 0 Å². The zero-order valence-corrected chi connectivity index (χ0v) is 17.9. The number of rotatable bonds is 4. The van der Waals surface area contributed by atoms with E-state index in [4.69, 9.17) is 0 Å². The maximum Gasteiger partial charge on any atom is 0.256 e. The third-order valence-electron chi connectivity index (χ3n) is 5.43. The SMILES string of the molecule is O=C(c1ccc(F)cc1F)N1CCN(C(c2ccccc2)c2ccc(Br)cc2)CC1. The number of nitrogens with zero attached hydrogens (tertiary/aromatic N) is 2. The smallest absolute Gasteiger partial charge is 0.256 e. The van der Waals surface area contributed by atoms with Gasteiger partial charge in [0.05, 0.1) is 11.6 Å². The Bertz CT molecular complexity index is 1020. The summed E-state index contributed by atoms with van der Waals surface area (Å²) in [4.78, 5) is 16.7. The first kappa shape index (κ1) is 20.7. The van der Waals surface area contributed by atoms with Crippen molar-refractivity contribution in [2.75, 3.05) is 26.2 Å². The molecule has 0 spiro atoms. The highest BCUT2D eigenvalue weighted by molar-refractivity contribution is 9.10. The van der Waals surface area contributed by atoms with Crippen molar-refractivity contribution < 1.29 is 13.6 Å². The fourth-order valence-corrected chi connectivity index (χ4v) is 4.18. The third-order valence-corrected chi connectivity index (χ3v) is 5.96. The van der Waals surface area contributed by atoms with E-state index in [9.17, 15) is 13.6 Å². The summed E-state index contributed by atoms with van der Waals surface area (Å²) in [6.45, 7) is 2.28. The van der Waals surface area contributed by atoms with Crippen molar-refractivity contribution in [3.8, 4) is 0 Å². The van der Waals surface area contributed by atoms with Gasteiger partial charge in [-0.15, -0.1) is 0 Å². The molecule has 4 rings (SSSR count). The van der Waals surface area contributed by atoms with Crippen molar-refractivity contribution in [2.24, 2.45) is 0 Å². The van der Waals surface area contributed by atoms with Crippen molar-refractivity contribution in [1.82, 2.24) is 9.80 Å². The van der Waals surface area contributed by atoms with E-state index in [1.165, 1.54) is 17.2 Å². The summed E-state index contributed by atoms with van der Waals surface area (Å²) in [5, 5.41) is 0. The fourth-order valence-electron chi connectivity index (χ4n) is 3.91. The van der Waals surface area contributed by atoms with Crippen molar-refractivity contribution in [2.45, 2.75) is 6.04 Å². The first-order valence-corrected chi connectivity index (χ1v) is 10.6. The topological polar surface area (TPSA) is 23.6 Å². The molecular formula is C24H21BrF2N2O. The van der Waals surface area contributed by atoms with E-state index in [1.807, 2.05) is 30.3 Å². The van der Waals surface area contributed by atoms with Crippen molar-refractivity contribution in [1.29, 1.82) is 0 Å². The van der Waals surface area contributed by atoms with Crippen LogP contribution in [-0.4, -0.2) is 41.9 Å². The molecule has 1 amide bonds. The molecule has 1 heterocycles. The minimum absolute atomic E-state index is 0.0686. The largest absolute Gasteiger partial charge is 0.336 e. The summed E-state index contributed by atoms with van der Waals surface area (Å²) in [5.41, 5.74) is 2.27. The van der Waals surface area contributed by atoms with Gasteiger partial charge in [0.15, 0.2) is 0 Å². The summed E-state index contributed by atoms with van der Waals surface area (Å²) in [7, 11) is 0. The summed E-state index contributed by atoms with van der Waals surface area (Å²) >= 11 is 3.49. The second-order valence-corrected chi connectivity index (χ2v) is 8.23. The number of hydrogen-bond acceptors (Lipinski definition) is 2.